The van der Waals surface area contributed by atoms with Gasteiger partial charge in [0.2, 0.25) is 0 Å². The minimum atomic E-state index is 0.0703. The molecule has 1 aliphatic carbocycles. The van der Waals surface area contributed by atoms with Gasteiger partial charge >= 0.3 is 0 Å². The summed E-state index contributed by atoms with van der Waals surface area (Å²) in [5.74, 6) is 0.387. The van der Waals surface area contributed by atoms with Crippen molar-refractivity contribution in [1.29, 1.82) is 0 Å². The highest BCUT2D eigenvalue weighted by atomic mass is 16.1. The van der Waals surface area contributed by atoms with Crippen LogP contribution in [0.1, 0.15) is 38.1 Å². The molecule has 4 nitrogen and oxygen atoms in total. The second kappa shape index (κ2) is 5.75. The molecule has 2 atom stereocenters. The van der Waals surface area contributed by atoms with Gasteiger partial charge in [0, 0.05) is 6.04 Å². The van der Waals surface area contributed by atoms with E-state index in [9.17, 15) is 4.79 Å². The summed E-state index contributed by atoms with van der Waals surface area (Å²) in [6.45, 7) is 0.643. The van der Waals surface area contributed by atoms with Gasteiger partial charge in [-0.1, -0.05) is 31.4 Å². The smallest absolute Gasteiger partial charge is 0.261 e. The van der Waals surface area contributed by atoms with Crippen molar-refractivity contribution in [3.63, 3.8) is 0 Å². The molecule has 1 saturated carbocycles. The van der Waals surface area contributed by atoms with Gasteiger partial charge in [-0.05, 0) is 37.4 Å². The molecule has 0 amide bonds. The SMILES string of the molecule is NCC1CCCCCC1n1cnc2ccccc2c1=O. The van der Waals surface area contributed by atoms with Crippen LogP contribution >= 0.6 is 0 Å². The molecule has 3 rings (SSSR count). The van der Waals surface area contributed by atoms with Crippen molar-refractivity contribution >= 4 is 10.9 Å². The zero-order valence-corrected chi connectivity index (χ0v) is 11.7. The fraction of sp³-hybridized carbons (Fsp3) is 0.500. The molecule has 0 radical (unpaired) electrons. The summed E-state index contributed by atoms with van der Waals surface area (Å²) in [6.07, 6.45) is 7.48. The van der Waals surface area contributed by atoms with Gasteiger partial charge in [-0.3, -0.25) is 9.36 Å². The first kappa shape index (κ1) is 13.3. The molecule has 0 bridgehead atoms. The molecule has 4 heteroatoms. The molecule has 1 aromatic carbocycles. The summed E-state index contributed by atoms with van der Waals surface area (Å²) in [4.78, 5) is 17.1. The fourth-order valence-electron chi connectivity index (χ4n) is 3.33. The van der Waals surface area contributed by atoms with E-state index in [1.54, 1.807) is 6.33 Å². The van der Waals surface area contributed by atoms with Crippen molar-refractivity contribution in [2.24, 2.45) is 11.7 Å². The Morgan fingerprint density at radius 2 is 2.00 bits per heavy atom. The van der Waals surface area contributed by atoms with Gasteiger partial charge in [0.15, 0.2) is 0 Å². The predicted molar refractivity (Wildman–Crippen MR) is 80.7 cm³/mol. The zero-order valence-electron chi connectivity index (χ0n) is 11.7. The van der Waals surface area contributed by atoms with Crippen LogP contribution in [0.4, 0.5) is 0 Å². The van der Waals surface area contributed by atoms with Crippen molar-refractivity contribution < 1.29 is 0 Å². The number of rotatable bonds is 2. The average molecular weight is 271 g/mol. The highest BCUT2D eigenvalue weighted by Crippen LogP contribution is 2.31. The Labute approximate surface area is 118 Å². The number of benzene rings is 1. The number of aromatic nitrogens is 2. The van der Waals surface area contributed by atoms with Crippen LogP contribution in [0, 0.1) is 5.92 Å². The minimum Gasteiger partial charge on any atom is -0.330 e. The number of para-hydroxylation sites is 1. The maximum atomic E-state index is 12.7. The molecule has 2 unspecified atom stereocenters. The molecule has 1 heterocycles. The van der Waals surface area contributed by atoms with E-state index in [4.69, 9.17) is 5.73 Å². The van der Waals surface area contributed by atoms with Crippen molar-refractivity contribution in [2.75, 3.05) is 6.54 Å². The van der Waals surface area contributed by atoms with E-state index in [0.29, 0.717) is 17.8 Å². The van der Waals surface area contributed by atoms with Gasteiger partial charge in [0.25, 0.3) is 5.56 Å². The van der Waals surface area contributed by atoms with Crippen LogP contribution in [0.2, 0.25) is 0 Å². The monoisotopic (exact) mass is 271 g/mol. The van der Waals surface area contributed by atoms with E-state index >= 15 is 0 Å². The number of nitrogens with zero attached hydrogens (tertiary/aromatic N) is 2. The Morgan fingerprint density at radius 3 is 2.85 bits per heavy atom. The Kier molecular flexibility index (Phi) is 3.83. The molecule has 20 heavy (non-hydrogen) atoms. The van der Waals surface area contributed by atoms with E-state index < -0.39 is 0 Å². The molecule has 0 spiro atoms. The van der Waals surface area contributed by atoms with Crippen LogP contribution in [0.15, 0.2) is 35.4 Å². The van der Waals surface area contributed by atoms with Crippen LogP contribution in [0.25, 0.3) is 10.9 Å². The first-order valence-electron chi connectivity index (χ1n) is 7.47. The molecule has 0 aliphatic heterocycles. The maximum absolute atomic E-state index is 12.7. The molecule has 1 fully saturated rings. The summed E-state index contributed by atoms with van der Waals surface area (Å²) in [5.41, 5.74) is 6.77. The summed E-state index contributed by atoms with van der Waals surface area (Å²) < 4.78 is 1.82. The predicted octanol–water partition coefficient (Wildman–Crippen LogP) is 2.48. The highest BCUT2D eigenvalue weighted by molar-refractivity contribution is 5.76. The lowest BCUT2D eigenvalue weighted by Crippen LogP contribution is -2.32. The van der Waals surface area contributed by atoms with Gasteiger partial charge in [0.1, 0.15) is 0 Å². The molecule has 1 aliphatic rings. The third kappa shape index (κ3) is 2.36. The minimum absolute atomic E-state index is 0.0703. The molecule has 1 aromatic heterocycles. The van der Waals surface area contributed by atoms with E-state index in [0.717, 1.165) is 18.4 Å². The van der Waals surface area contributed by atoms with Crippen LogP contribution in [0.5, 0.6) is 0 Å². The highest BCUT2D eigenvalue weighted by Gasteiger charge is 2.25. The quantitative estimate of drug-likeness (QED) is 0.854. The largest absolute Gasteiger partial charge is 0.330 e. The van der Waals surface area contributed by atoms with E-state index in [2.05, 4.69) is 4.98 Å². The summed E-state index contributed by atoms with van der Waals surface area (Å²) >= 11 is 0. The lowest BCUT2D eigenvalue weighted by molar-refractivity contribution is 0.309. The average Bonchev–Trinajstić information content (AvgIpc) is 2.73. The number of nitrogens with two attached hydrogens (primary N) is 1. The van der Waals surface area contributed by atoms with Gasteiger partial charge in [-0.15, -0.1) is 0 Å². The normalized spacial score (nSPS) is 23.6. The van der Waals surface area contributed by atoms with Crippen molar-refractivity contribution in [1.82, 2.24) is 9.55 Å². The first-order chi connectivity index (χ1) is 9.81. The Bertz CT molecular complexity index is 649. The summed E-state index contributed by atoms with van der Waals surface area (Å²) in [5, 5.41) is 0.704. The topological polar surface area (TPSA) is 60.9 Å². The van der Waals surface area contributed by atoms with Crippen LogP contribution in [0.3, 0.4) is 0 Å². The third-order valence-corrected chi connectivity index (χ3v) is 4.47. The first-order valence-corrected chi connectivity index (χ1v) is 7.47. The van der Waals surface area contributed by atoms with Crippen LogP contribution < -0.4 is 11.3 Å². The molecule has 2 N–H and O–H groups in total. The fourth-order valence-corrected chi connectivity index (χ4v) is 3.33. The Balaban J connectivity index is 2.08. The molecule has 2 aromatic rings. The summed E-state index contributed by atoms with van der Waals surface area (Å²) in [6, 6.07) is 7.74. The van der Waals surface area contributed by atoms with E-state index in [1.165, 1.54) is 19.3 Å². The number of hydrogen-bond donors (Lipinski definition) is 1. The standard InChI is InChI=1S/C16H21N3O/c17-10-12-6-2-1-3-9-15(12)19-11-18-14-8-5-4-7-13(14)16(19)20/h4-5,7-8,11-12,15H,1-3,6,9-10,17H2. The molecule has 0 saturated heterocycles. The summed E-state index contributed by atoms with van der Waals surface area (Å²) in [7, 11) is 0. The second-order valence-electron chi connectivity index (χ2n) is 5.68. The van der Waals surface area contributed by atoms with Gasteiger partial charge in [-0.25, -0.2) is 4.98 Å². The van der Waals surface area contributed by atoms with E-state index in [1.807, 2.05) is 28.8 Å². The molecular weight excluding hydrogens is 250 g/mol. The number of hydrogen-bond acceptors (Lipinski definition) is 3. The zero-order chi connectivity index (χ0) is 13.9. The van der Waals surface area contributed by atoms with Crippen molar-refractivity contribution in [2.45, 2.75) is 38.1 Å². The number of fused-ring (bicyclic) bond motifs is 1. The molecular formula is C16H21N3O. The third-order valence-electron chi connectivity index (χ3n) is 4.47. The van der Waals surface area contributed by atoms with Gasteiger partial charge in [-0.2, -0.15) is 0 Å². The van der Waals surface area contributed by atoms with Crippen LogP contribution in [-0.2, 0) is 0 Å². The lowest BCUT2D eigenvalue weighted by Gasteiger charge is -2.25. The molecule has 106 valence electrons. The maximum Gasteiger partial charge on any atom is 0.261 e. The van der Waals surface area contributed by atoms with Gasteiger partial charge in [0.05, 0.1) is 17.2 Å². The second-order valence-corrected chi connectivity index (χ2v) is 5.68. The Hall–Kier alpha value is -1.68. The van der Waals surface area contributed by atoms with Crippen LogP contribution in [-0.4, -0.2) is 16.1 Å². The van der Waals surface area contributed by atoms with Crippen molar-refractivity contribution in [3.8, 4) is 0 Å². The van der Waals surface area contributed by atoms with E-state index in [-0.39, 0.29) is 11.6 Å². The Morgan fingerprint density at radius 1 is 1.20 bits per heavy atom. The van der Waals surface area contributed by atoms with Gasteiger partial charge < -0.3 is 5.73 Å². The lowest BCUT2D eigenvalue weighted by atomic mass is 9.94. The van der Waals surface area contributed by atoms with Crippen molar-refractivity contribution in [3.05, 3.63) is 40.9 Å².